The molecule has 0 bridgehead atoms. The molecule has 0 spiro atoms. The molecule has 0 saturated carbocycles. The van der Waals surface area contributed by atoms with Gasteiger partial charge in [-0.3, -0.25) is 4.79 Å². The van der Waals surface area contributed by atoms with Crippen LogP contribution in [-0.2, 0) is 4.74 Å². The van der Waals surface area contributed by atoms with Gasteiger partial charge < -0.3 is 4.74 Å². The minimum Gasteiger partial charge on any atom is -0.364 e. The summed E-state index contributed by atoms with van der Waals surface area (Å²) in [7, 11) is 0. The van der Waals surface area contributed by atoms with Crippen molar-refractivity contribution in [1.29, 1.82) is 0 Å². The van der Waals surface area contributed by atoms with Crippen LogP contribution < -0.4 is 0 Å². The van der Waals surface area contributed by atoms with Crippen molar-refractivity contribution in [1.82, 2.24) is 0 Å². The molecule has 2 rings (SSSR count). The van der Waals surface area contributed by atoms with Gasteiger partial charge >= 0.3 is 0 Å². The third-order valence-electron chi connectivity index (χ3n) is 1.44. The van der Waals surface area contributed by atoms with Crippen molar-refractivity contribution >= 4 is 33.0 Å². The van der Waals surface area contributed by atoms with Gasteiger partial charge in [0.05, 0.1) is 15.3 Å². The number of hydrogen-bond acceptors (Lipinski definition) is 3. The van der Waals surface area contributed by atoms with E-state index in [1.165, 1.54) is 11.3 Å². The Kier molecular flexibility index (Phi) is 1.83. The van der Waals surface area contributed by atoms with E-state index in [-0.39, 0.29) is 11.9 Å². The molecule has 1 aliphatic rings. The zero-order chi connectivity index (χ0) is 7.84. The lowest BCUT2D eigenvalue weighted by molar-refractivity contribution is 0.0957. The second-order valence-corrected chi connectivity index (χ2v) is 4.75. The summed E-state index contributed by atoms with van der Waals surface area (Å²) < 4.78 is 5.86. The van der Waals surface area contributed by atoms with Gasteiger partial charge in [-0.15, -0.1) is 11.3 Å². The van der Waals surface area contributed by atoms with Crippen LogP contribution in [0, 0.1) is 0 Å². The van der Waals surface area contributed by atoms with E-state index in [0.717, 1.165) is 8.66 Å². The predicted molar refractivity (Wildman–Crippen MR) is 46.1 cm³/mol. The molecular formula is C7H5BrO2S. The van der Waals surface area contributed by atoms with Crippen LogP contribution in [0.3, 0.4) is 0 Å². The number of carbonyl (C=O) groups is 1. The van der Waals surface area contributed by atoms with Crippen molar-refractivity contribution in [2.45, 2.75) is 6.10 Å². The first-order chi connectivity index (χ1) is 5.27. The van der Waals surface area contributed by atoms with E-state index >= 15 is 0 Å². The van der Waals surface area contributed by atoms with Crippen LogP contribution in [0.25, 0.3) is 0 Å². The van der Waals surface area contributed by atoms with Gasteiger partial charge in [-0.05, 0) is 28.1 Å². The van der Waals surface area contributed by atoms with Crippen molar-refractivity contribution in [2.75, 3.05) is 6.61 Å². The Morgan fingerprint density at radius 1 is 1.73 bits per heavy atom. The Labute approximate surface area is 76.3 Å². The molecule has 1 atom stereocenters. The van der Waals surface area contributed by atoms with Gasteiger partial charge in [-0.1, -0.05) is 0 Å². The standard InChI is InChI=1S/C7H5BrO2S/c8-6-2-1-5(11-6)7(9)4-3-10-4/h1-2,4H,3H2. The van der Waals surface area contributed by atoms with Crippen LogP contribution in [0.5, 0.6) is 0 Å². The first kappa shape index (κ1) is 7.46. The minimum absolute atomic E-state index is 0.112. The van der Waals surface area contributed by atoms with E-state index < -0.39 is 0 Å². The van der Waals surface area contributed by atoms with Crippen LogP contribution >= 0.6 is 27.3 Å². The maximum atomic E-state index is 11.3. The molecule has 1 aromatic rings. The summed E-state index contributed by atoms with van der Waals surface area (Å²) in [5.74, 6) is 0.112. The lowest BCUT2D eigenvalue weighted by Gasteiger charge is -1.87. The number of halogens is 1. The van der Waals surface area contributed by atoms with Gasteiger partial charge in [0.1, 0.15) is 6.10 Å². The van der Waals surface area contributed by atoms with E-state index in [2.05, 4.69) is 15.9 Å². The highest BCUT2D eigenvalue weighted by Gasteiger charge is 2.32. The number of ether oxygens (including phenoxy) is 1. The Balaban J connectivity index is 2.21. The molecule has 1 unspecified atom stereocenters. The number of carbonyl (C=O) groups excluding carboxylic acids is 1. The zero-order valence-corrected chi connectivity index (χ0v) is 7.94. The molecule has 0 amide bonds. The molecule has 1 fully saturated rings. The molecule has 0 aliphatic carbocycles. The van der Waals surface area contributed by atoms with Crippen molar-refractivity contribution in [3.63, 3.8) is 0 Å². The molecule has 1 saturated heterocycles. The fourth-order valence-corrected chi connectivity index (χ4v) is 2.17. The number of hydrogen-bond donors (Lipinski definition) is 0. The third kappa shape index (κ3) is 1.52. The SMILES string of the molecule is O=C(c1ccc(Br)s1)C1CO1. The summed E-state index contributed by atoms with van der Waals surface area (Å²) in [5, 5.41) is 0. The monoisotopic (exact) mass is 232 g/mol. The quantitative estimate of drug-likeness (QED) is 0.578. The Morgan fingerprint density at radius 3 is 2.91 bits per heavy atom. The molecule has 0 radical (unpaired) electrons. The molecule has 1 aromatic heterocycles. The molecule has 0 aromatic carbocycles. The highest BCUT2D eigenvalue weighted by molar-refractivity contribution is 9.11. The summed E-state index contributed by atoms with van der Waals surface area (Å²) in [6, 6.07) is 3.69. The Morgan fingerprint density at radius 2 is 2.45 bits per heavy atom. The molecule has 0 N–H and O–H groups in total. The smallest absolute Gasteiger partial charge is 0.203 e. The van der Waals surface area contributed by atoms with Crippen LogP contribution in [0.2, 0.25) is 0 Å². The lowest BCUT2D eigenvalue weighted by Crippen LogP contribution is -2.03. The summed E-state index contributed by atoms with van der Waals surface area (Å²) >= 11 is 4.75. The zero-order valence-electron chi connectivity index (χ0n) is 5.54. The van der Waals surface area contributed by atoms with Gasteiger partial charge in [0.2, 0.25) is 5.78 Å². The highest BCUT2D eigenvalue weighted by atomic mass is 79.9. The van der Waals surface area contributed by atoms with E-state index in [4.69, 9.17) is 4.74 Å². The summed E-state index contributed by atoms with van der Waals surface area (Å²) in [6.07, 6.45) is -0.152. The second-order valence-electron chi connectivity index (χ2n) is 2.29. The molecule has 11 heavy (non-hydrogen) atoms. The fourth-order valence-electron chi connectivity index (χ4n) is 0.805. The maximum Gasteiger partial charge on any atom is 0.203 e. The Bertz CT molecular complexity index is 290. The van der Waals surface area contributed by atoms with E-state index in [0.29, 0.717) is 6.61 Å². The topological polar surface area (TPSA) is 29.6 Å². The largest absolute Gasteiger partial charge is 0.364 e. The molecular weight excluding hydrogens is 228 g/mol. The summed E-state index contributed by atoms with van der Waals surface area (Å²) in [5.41, 5.74) is 0. The van der Waals surface area contributed by atoms with Crippen LogP contribution in [-0.4, -0.2) is 18.5 Å². The molecule has 2 nitrogen and oxygen atoms in total. The van der Waals surface area contributed by atoms with Crippen molar-refractivity contribution in [3.05, 3.63) is 20.8 Å². The average Bonchev–Trinajstić information content (AvgIpc) is 2.74. The maximum absolute atomic E-state index is 11.3. The van der Waals surface area contributed by atoms with E-state index in [1.807, 2.05) is 12.1 Å². The van der Waals surface area contributed by atoms with E-state index in [9.17, 15) is 4.79 Å². The first-order valence-corrected chi connectivity index (χ1v) is 4.79. The number of ketones is 1. The second kappa shape index (κ2) is 2.69. The van der Waals surface area contributed by atoms with Crippen molar-refractivity contribution in [2.24, 2.45) is 0 Å². The first-order valence-electron chi connectivity index (χ1n) is 3.18. The number of Topliss-reactive ketones (excluding diaryl/α,β-unsaturated/α-hetero) is 1. The highest BCUT2D eigenvalue weighted by Crippen LogP contribution is 2.26. The summed E-state index contributed by atoms with van der Waals surface area (Å²) in [6.45, 7) is 0.592. The van der Waals surface area contributed by atoms with Gasteiger partial charge in [-0.2, -0.15) is 0 Å². The number of epoxide rings is 1. The predicted octanol–water partition coefficient (Wildman–Crippen LogP) is 2.09. The Hall–Kier alpha value is -0.190. The number of thiophene rings is 1. The van der Waals surface area contributed by atoms with Gasteiger partial charge in [0.15, 0.2) is 0 Å². The van der Waals surface area contributed by atoms with E-state index in [1.54, 1.807) is 0 Å². The molecule has 58 valence electrons. The van der Waals surface area contributed by atoms with Crippen LogP contribution in [0.4, 0.5) is 0 Å². The minimum atomic E-state index is -0.152. The van der Waals surface area contributed by atoms with Crippen molar-refractivity contribution in [3.8, 4) is 0 Å². The van der Waals surface area contributed by atoms with Gasteiger partial charge in [-0.25, -0.2) is 0 Å². The van der Waals surface area contributed by atoms with Gasteiger partial charge in [0, 0.05) is 0 Å². The summed E-state index contributed by atoms with van der Waals surface area (Å²) in [4.78, 5) is 12.1. The fraction of sp³-hybridized carbons (Fsp3) is 0.286. The number of rotatable bonds is 2. The van der Waals surface area contributed by atoms with Crippen molar-refractivity contribution < 1.29 is 9.53 Å². The molecule has 2 heterocycles. The lowest BCUT2D eigenvalue weighted by atomic mass is 10.2. The average molecular weight is 233 g/mol. The van der Waals surface area contributed by atoms with Gasteiger partial charge in [0.25, 0.3) is 0 Å². The third-order valence-corrected chi connectivity index (χ3v) is 3.08. The molecule has 4 heteroatoms. The molecule has 1 aliphatic heterocycles. The van der Waals surface area contributed by atoms with Crippen LogP contribution in [0.15, 0.2) is 15.9 Å². The normalized spacial score (nSPS) is 21.7. The van der Waals surface area contributed by atoms with Crippen LogP contribution in [0.1, 0.15) is 9.67 Å².